The van der Waals surface area contributed by atoms with E-state index in [1.165, 1.54) is 22.9 Å². The zero-order chi connectivity index (χ0) is 54.6. The Morgan fingerprint density at radius 2 is 1.01 bits per heavy atom. The first kappa shape index (κ1) is 63.9. The quantitative estimate of drug-likeness (QED) is 0.0852. The lowest BCUT2D eigenvalue weighted by Crippen LogP contribution is -2.36. The third-order valence-corrected chi connectivity index (χ3v) is 12.5. The summed E-state index contributed by atoms with van der Waals surface area (Å²) < 4.78 is 10.1. The molecule has 10 heteroatoms. The van der Waals surface area contributed by atoms with Crippen LogP contribution in [-0.2, 0) is 26.3 Å². The number of para-hydroxylation sites is 1. The first-order valence-electron chi connectivity index (χ1n) is 25.0. The third kappa shape index (κ3) is 23.9. The summed E-state index contributed by atoms with van der Waals surface area (Å²) >= 11 is 1.18. The Morgan fingerprint density at radius 3 is 1.43 bits per heavy atom. The number of carbonyl (C=O) groups excluding carboxylic acids is 6. The fraction of sp³-hybridized carbons (Fsp3) is 0.419. The molecule has 1 aliphatic rings. The number of thioether (sulfide) groups is 1. The molecule has 0 unspecified atom stereocenters. The number of ketones is 4. The fourth-order valence-electron chi connectivity index (χ4n) is 6.18. The van der Waals surface area contributed by atoms with Crippen LogP contribution < -0.4 is 10.1 Å². The Labute approximate surface area is 436 Å². The summed E-state index contributed by atoms with van der Waals surface area (Å²) in [5.74, 6) is 2.62. The van der Waals surface area contributed by atoms with Crippen molar-refractivity contribution < 1.29 is 38.2 Å². The minimum Gasteiger partial charge on any atom is -0.496 e. The first-order valence-corrected chi connectivity index (χ1v) is 25.9. The van der Waals surface area contributed by atoms with Crippen LogP contribution in [0.25, 0.3) is 0 Å². The number of amides is 1. The van der Waals surface area contributed by atoms with E-state index >= 15 is 0 Å². The summed E-state index contributed by atoms with van der Waals surface area (Å²) in [4.78, 5) is 67.5. The summed E-state index contributed by atoms with van der Waals surface area (Å²) in [5.41, 5.74) is 6.23. The Kier molecular flexibility index (Phi) is 29.7. The molecule has 0 radical (unpaired) electrons. The number of carbonyl (C=O) groups is 6. The minimum absolute atomic E-state index is 0.0105. The number of ether oxygens (including phenoxy) is 2. The third-order valence-electron chi connectivity index (χ3n) is 11.6. The highest BCUT2D eigenvalue weighted by Gasteiger charge is 2.29. The number of hydrogen-bond acceptors (Lipinski definition) is 9. The van der Waals surface area contributed by atoms with Gasteiger partial charge in [-0.15, -0.1) is 0 Å². The molecule has 0 bridgehead atoms. The molecule has 1 amide bonds. The van der Waals surface area contributed by atoms with Gasteiger partial charge < -0.3 is 14.8 Å². The Balaban J connectivity index is 0.000000432. The van der Waals surface area contributed by atoms with Crippen molar-refractivity contribution >= 4 is 46.1 Å². The summed E-state index contributed by atoms with van der Waals surface area (Å²) in [7, 11) is 1.58. The second-order valence-electron chi connectivity index (χ2n) is 19.8. The number of methoxy groups -OCH3 is 1. The topological polar surface area (TPSA) is 133 Å². The highest BCUT2D eigenvalue weighted by Crippen LogP contribution is 2.30. The van der Waals surface area contributed by atoms with Crippen LogP contribution in [0.3, 0.4) is 0 Å². The zero-order valence-electron chi connectivity index (χ0n) is 45.9. The van der Waals surface area contributed by atoms with E-state index in [0.29, 0.717) is 35.0 Å². The predicted molar refractivity (Wildman–Crippen MR) is 298 cm³/mol. The molecule has 1 saturated heterocycles. The molecule has 1 heterocycles. The number of nitrogens with one attached hydrogen (secondary N) is 1. The van der Waals surface area contributed by atoms with Gasteiger partial charge in [0.15, 0.2) is 23.1 Å². The maximum atomic E-state index is 11.6. The monoisotopic (exact) mass is 1000 g/mol. The molecule has 5 aromatic rings. The maximum Gasteiger partial charge on any atom is 0.308 e. The van der Waals surface area contributed by atoms with Gasteiger partial charge >= 0.3 is 5.97 Å². The molecule has 1 aliphatic heterocycles. The molecule has 6 rings (SSSR count). The average Bonchev–Trinajstić information content (AvgIpc) is 3.82. The van der Waals surface area contributed by atoms with Crippen molar-refractivity contribution in [2.75, 3.05) is 12.9 Å². The van der Waals surface area contributed by atoms with Gasteiger partial charge in [-0.25, -0.2) is 0 Å². The Bertz CT molecular complexity index is 2370. The second-order valence-corrected chi connectivity index (χ2v) is 20.8. The van der Waals surface area contributed by atoms with Gasteiger partial charge in [-0.2, -0.15) is 0 Å². The Morgan fingerprint density at radius 1 is 0.569 bits per heavy atom. The van der Waals surface area contributed by atoms with Crippen molar-refractivity contribution in [1.29, 1.82) is 0 Å². The molecule has 1 N–H and O–H groups in total. The molecule has 0 saturated carbocycles. The Hall–Kier alpha value is -6.13. The lowest BCUT2D eigenvalue weighted by Gasteiger charge is -2.29. The molecule has 5 aromatic carbocycles. The van der Waals surface area contributed by atoms with Crippen LogP contribution in [0.4, 0.5) is 4.79 Å². The molecule has 9 nitrogen and oxygen atoms in total. The van der Waals surface area contributed by atoms with Gasteiger partial charge in [0.05, 0.1) is 24.6 Å². The van der Waals surface area contributed by atoms with E-state index in [9.17, 15) is 28.8 Å². The number of aryl methyl sites for hydroxylation is 1. The average molecular weight is 1000 g/mol. The molecule has 0 aromatic heterocycles. The molecule has 0 aliphatic carbocycles. The SMILES string of the molecule is CC(C)C(=O)OCc1ccccc1.CC(C)C(=O)[C@@H]1CSC(=O)N1.CC(C)C(=O)c1ccccc1.CC(C)C(C)(C)c1ccccc1.COc1ccccc1C(=O)C(C)C.Cc1ccc(C(=O)C(C)C)cc1. The number of rotatable bonds is 14. The lowest BCUT2D eigenvalue weighted by atomic mass is 9.75. The largest absolute Gasteiger partial charge is 0.496 e. The molecular formula is C62H83NO8S. The summed E-state index contributed by atoms with van der Waals surface area (Å²) in [5, 5.41) is 2.53. The molecule has 1 fully saturated rings. The standard InChI is InChI=1S/C12H18.2C11H14O2.C11H14O.C10H12O.C7H11NO2S/c1-10(2)12(3,4)11-8-6-5-7-9-11;1-8(2)11(12)9-6-4-5-7-10(9)13-3;1-9(2)11(12)13-8-10-6-4-3-5-7-10;1-8(2)11(12)10-6-4-9(3)5-7-10;1-8(2)10(11)9-6-4-3-5-7-9;1-4(2)6(9)5-3-11-7(10)8-5/h5-10H,1-4H3;4-8H,1-3H3;3-7,9H,8H2,1-2H3;4-8H,1-3H3;3-8H,1-2H3;4-5H,3H2,1-2H3,(H,8,10)/t;;;;;5-/m.....0/s1. The number of benzene rings is 5. The van der Waals surface area contributed by atoms with Crippen molar-refractivity contribution in [3.63, 3.8) is 0 Å². The van der Waals surface area contributed by atoms with E-state index < -0.39 is 0 Å². The van der Waals surface area contributed by atoms with Crippen molar-refractivity contribution in [2.45, 2.75) is 122 Å². The van der Waals surface area contributed by atoms with Gasteiger partial charge in [0, 0.05) is 40.6 Å². The van der Waals surface area contributed by atoms with Crippen LogP contribution in [0, 0.1) is 42.4 Å². The fourth-order valence-corrected chi connectivity index (χ4v) is 6.97. The lowest BCUT2D eigenvalue weighted by molar-refractivity contribution is -0.148. The minimum atomic E-state index is -0.243. The number of Topliss-reactive ketones (excluding diaryl/α,β-unsaturated/α-hetero) is 4. The van der Waals surface area contributed by atoms with Gasteiger partial charge in [-0.05, 0) is 41.5 Å². The second kappa shape index (κ2) is 33.5. The van der Waals surface area contributed by atoms with Crippen LogP contribution in [-0.4, -0.2) is 53.2 Å². The van der Waals surface area contributed by atoms with Crippen LogP contribution in [0.5, 0.6) is 5.75 Å². The van der Waals surface area contributed by atoms with Crippen molar-refractivity contribution in [3.05, 3.63) is 173 Å². The molecular weight excluding hydrogens is 919 g/mol. The van der Waals surface area contributed by atoms with Crippen LogP contribution >= 0.6 is 11.8 Å². The predicted octanol–water partition coefficient (Wildman–Crippen LogP) is 14.9. The highest BCUT2D eigenvalue weighted by molar-refractivity contribution is 8.14. The van der Waals surface area contributed by atoms with Crippen LogP contribution in [0.15, 0.2) is 140 Å². The van der Waals surface area contributed by atoms with E-state index in [-0.39, 0.29) is 70.0 Å². The van der Waals surface area contributed by atoms with E-state index in [2.05, 4.69) is 63.3 Å². The maximum absolute atomic E-state index is 11.6. The van der Waals surface area contributed by atoms with E-state index in [4.69, 9.17) is 9.47 Å². The molecule has 72 heavy (non-hydrogen) atoms. The molecule has 1 atom stereocenters. The van der Waals surface area contributed by atoms with Crippen LogP contribution in [0.1, 0.15) is 145 Å². The van der Waals surface area contributed by atoms with Crippen LogP contribution in [0.2, 0.25) is 0 Å². The summed E-state index contributed by atoms with van der Waals surface area (Å²) in [6, 6.07) is 44.5. The summed E-state index contributed by atoms with van der Waals surface area (Å²) in [6.07, 6.45) is 0. The highest BCUT2D eigenvalue weighted by atomic mass is 32.2. The summed E-state index contributed by atoms with van der Waals surface area (Å²) in [6.45, 7) is 30.3. The molecule has 390 valence electrons. The first-order chi connectivity index (χ1) is 33.8. The van der Waals surface area contributed by atoms with Gasteiger partial charge in [0.2, 0.25) is 0 Å². The van der Waals surface area contributed by atoms with Crippen molar-refractivity contribution in [2.24, 2.45) is 35.5 Å². The smallest absolute Gasteiger partial charge is 0.308 e. The number of esters is 1. The normalized spacial score (nSPS) is 12.6. The van der Waals surface area contributed by atoms with Crippen molar-refractivity contribution in [1.82, 2.24) is 5.32 Å². The van der Waals surface area contributed by atoms with Gasteiger partial charge in [-0.3, -0.25) is 28.8 Å². The van der Waals surface area contributed by atoms with Gasteiger partial charge in [0.1, 0.15) is 12.4 Å². The van der Waals surface area contributed by atoms with Gasteiger partial charge in [0.25, 0.3) is 5.24 Å². The number of hydrogen-bond donors (Lipinski definition) is 1. The molecule has 0 spiro atoms. The van der Waals surface area contributed by atoms with Crippen molar-refractivity contribution in [3.8, 4) is 5.75 Å². The zero-order valence-corrected chi connectivity index (χ0v) is 46.7. The van der Waals surface area contributed by atoms with E-state index in [1.54, 1.807) is 19.2 Å². The van der Waals surface area contributed by atoms with Gasteiger partial charge in [-0.1, -0.05) is 242 Å². The van der Waals surface area contributed by atoms with E-state index in [1.807, 2.05) is 173 Å². The van der Waals surface area contributed by atoms with E-state index in [0.717, 1.165) is 16.7 Å².